The summed E-state index contributed by atoms with van der Waals surface area (Å²) in [5, 5.41) is 0. The molecule has 0 saturated heterocycles. The lowest BCUT2D eigenvalue weighted by Crippen LogP contribution is -2.01. The first-order valence-electron chi connectivity index (χ1n) is 4.82. The number of fused-ring (bicyclic) bond motifs is 1. The van der Waals surface area contributed by atoms with E-state index in [-0.39, 0.29) is 0 Å². The van der Waals surface area contributed by atoms with Crippen molar-refractivity contribution in [2.45, 2.75) is 13.5 Å². The average Bonchev–Trinajstić information content (AvgIpc) is 2.64. The Bertz CT molecular complexity index is 453. The molecule has 0 atom stereocenters. The monoisotopic (exact) mass is 223 g/mol. The molecule has 0 bridgehead atoms. The predicted octanol–water partition coefficient (Wildman–Crippen LogP) is 1.16. The summed E-state index contributed by atoms with van der Waals surface area (Å²) in [7, 11) is 0. The van der Waals surface area contributed by atoms with Crippen LogP contribution in [0.3, 0.4) is 0 Å². The van der Waals surface area contributed by atoms with Gasteiger partial charge in [0.1, 0.15) is 11.8 Å². The van der Waals surface area contributed by atoms with E-state index in [0.29, 0.717) is 11.3 Å². The number of thioether (sulfide) groups is 1. The van der Waals surface area contributed by atoms with Crippen LogP contribution in [0.4, 0.5) is 5.82 Å². The highest BCUT2D eigenvalue weighted by atomic mass is 32.2. The van der Waals surface area contributed by atoms with Crippen LogP contribution < -0.4 is 5.73 Å². The van der Waals surface area contributed by atoms with Gasteiger partial charge in [0, 0.05) is 12.3 Å². The Labute approximate surface area is 92.1 Å². The number of rotatable bonds is 4. The fourth-order valence-corrected chi connectivity index (χ4v) is 1.98. The molecule has 0 fully saturated rings. The largest absolute Gasteiger partial charge is 0.382 e. The summed E-state index contributed by atoms with van der Waals surface area (Å²) in [6, 6.07) is 0. The summed E-state index contributed by atoms with van der Waals surface area (Å²) >= 11 is 1.90. The number of hydrogen-bond donors (Lipinski definition) is 1. The second-order valence-electron chi connectivity index (χ2n) is 3.07. The van der Waals surface area contributed by atoms with Crippen LogP contribution in [0.1, 0.15) is 6.92 Å². The molecule has 0 saturated carbocycles. The molecule has 0 aliphatic heterocycles. The molecule has 0 aliphatic carbocycles. The van der Waals surface area contributed by atoms with E-state index in [1.165, 1.54) is 6.33 Å². The Kier molecular flexibility index (Phi) is 3.05. The van der Waals surface area contributed by atoms with Crippen molar-refractivity contribution in [2.75, 3.05) is 17.2 Å². The zero-order valence-electron chi connectivity index (χ0n) is 8.55. The average molecular weight is 223 g/mol. The van der Waals surface area contributed by atoms with E-state index < -0.39 is 0 Å². The van der Waals surface area contributed by atoms with E-state index in [0.717, 1.165) is 23.7 Å². The summed E-state index contributed by atoms with van der Waals surface area (Å²) in [5.41, 5.74) is 7.20. The Morgan fingerprint density at radius 1 is 1.40 bits per heavy atom. The summed E-state index contributed by atoms with van der Waals surface area (Å²) in [4.78, 5) is 12.3. The third-order valence-electron chi connectivity index (χ3n) is 2.11. The number of aromatic nitrogens is 4. The van der Waals surface area contributed by atoms with Gasteiger partial charge in [-0.3, -0.25) is 0 Å². The SMILES string of the molecule is CCSCCn1cnc2c(N)ncnc21. The second-order valence-corrected chi connectivity index (χ2v) is 4.46. The third kappa shape index (κ3) is 2.04. The van der Waals surface area contributed by atoms with Crippen LogP contribution in [-0.2, 0) is 6.54 Å². The van der Waals surface area contributed by atoms with Gasteiger partial charge in [-0.1, -0.05) is 6.92 Å². The van der Waals surface area contributed by atoms with Gasteiger partial charge in [0.15, 0.2) is 11.5 Å². The van der Waals surface area contributed by atoms with Crippen molar-refractivity contribution in [1.29, 1.82) is 0 Å². The molecular formula is C9H13N5S. The lowest BCUT2D eigenvalue weighted by Gasteiger charge is -2.02. The molecule has 0 aliphatic rings. The normalized spacial score (nSPS) is 11.0. The van der Waals surface area contributed by atoms with E-state index in [4.69, 9.17) is 5.73 Å². The molecule has 6 heteroatoms. The van der Waals surface area contributed by atoms with Gasteiger partial charge in [0.2, 0.25) is 0 Å². The molecule has 2 aromatic heterocycles. The molecule has 2 aromatic rings. The summed E-state index contributed by atoms with van der Waals surface area (Å²) in [6.45, 7) is 3.06. The maximum atomic E-state index is 5.69. The molecule has 0 unspecified atom stereocenters. The van der Waals surface area contributed by atoms with Crippen LogP contribution in [0.2, 0.25) is 0 Å². The molecule has 80 valence electrons. The number of nitrogens with zero attached hydrogens (tertiary/aromatic N) is 4. The third-order valence-corrected chi connectivity index (χ3v) is 2.99. The zero-order valence-corrected chi connectivity index (χ0v) is 9.37. The quantitative estimate of drug-likeness (QED) is 0.788. The maximum absolute atomic E-state index is 5.69. The van der Waals surface area contributed by atoms with Crippen LogP contribution in [0.25, 0.3) is 11.2 Å². The van der Waals surface area contributed by atoms with Gasteiger partial charge in [-0.05, 0) is 5.75 Å². The Morgan fingerprint density at radius 3 is 3.07 bits per heavy atom. The highest BCUT2D eigenvalue weighted by molar-refractivity contribution is 7.99. The van der Waals surface area contributed by atoms with Crippen LogP contribution in [0, 0.1) is 0 Å². The van der Waals surface area contributed by atoms with E-state index >= 15 is 0 Å². The van der Waals surface area contributed by atoms with Gasteiger partial charge >= 0.3 is 0 Å². The standard InChI is InChI=1S/C9H13N5S/c1-2-15-4-3-14-6-13-7-8(10)11-5-12-9(7)14/h5-6H,2-4H2,1H3,(H2,10,11,12). The molecule has 0 aromatic carbocycles. The first-order chi connectivity index (χ1) is 7.33. The Hall–Kier alpha value is -1.30. The van der Waals surface area contributed by atoms with Gasteiger partial charge < -0.3 is 10.3 Å². The first kappa shape index (κ1) is 10.2. The molecular weight excluding hydrogens is 210 g/mol. The summed E-state index contributed by atoms with van der Waals surface area (Å²) < 4.78 is 2.01. The fraction of sp³-hybridized carbons (Fsp3) is 0.444. The highest BCUT2D eigenvalue weighted by Crippen LogP contribution is 2.14. The lowest BCUT2D eigenvalue weighted by atomic mass is 10.5. The van der Waals surface area contributed by atoms with Crippen molar-refractivity contribution in [3.8, 4) is 0 Å². The van der Waals surface area contributed by atoms with E-state index in [1.54, 1.807) is 6.33 Å². The van der Waals surface area contributed by atoms with E-state index in [1.807, 2.05) is 16.3 Å². The van der Waals surface area contributed by atoms with Crippen LogP contribution in [0.15, 0.2) is 12.7 Å². The van der Waals surface area contributed by atoms with Crippen LogP contribution in [0.5, 0.6) is 0 Å². The number of hydrogen-bond acceptors (Lipinski definition) is 5. The van der Waals surface area contributed by atoms with Crippen molar-refractivity contribution < 1.29 is 0 Å². The van der Waals surface area contributed by atoms with Gasteiger partial charge in [0.25, 0.3) is 0 Å². The molecule has 5 nitrogen and oxygen atoms in total. The van der Waals surface area contributed by atoms with Crippen molar-refractivity contribution in [3.63, 3.8) is 0 Å². The van der Waals surface area contributed by atoms with Crippen molar-refractivity contribution >= 4 is 28.7 Å². The molecule has 2 heterocycles. The van der Waals surface area contributed by atoms with Crippen LogP contribution in [-0.4, -0.2) is 31.0 Å². The topological polar surface area (TPSA) is 69.6 Å². The molecule has 0 amide bonds. The summed E-state index contributed by atoms with van der Waals surface area (Å²) in [5.74, 6) is 2.64. The number of imidazole rings is 1. The number of nitrogens with two attached hydrogens (primary N) is 1. The van der Waals surface area contributed by atoms with E-state index in [2.05, 4.69) is 21.9 Å². The molecule has 2 rings (SSSR count). The highest BCUT2D eigenvalue weighted by Gasteiger charge is 2.06. The molecule has 2 N–H and O–H groups in total. The number of anilines is 1. The minimum Gasteiger partial charge on any atom is -0.382 e. The second kappa shape index (κ2) is 4.48. The zero-order chi connectivity index (χ0) is 10.7. The van der Waals surface area contributed by atoms with E-state index in [9.17, 15) is 0 Å². The minimum atomic E-state index is 0.446. The summed E-state index contributed by atoms with van der Waals surface area (Å²) in [6.07, 6.45) is 3.24. The van der Waals surface area contributed by atoms with Gasteiger partial charge in [-0.15, -0.1) is 0 Å². The molecule has 0 radical (unpaired) electrons. The molecule has 15 heavy (non-hydrogen) atoms. The minimum absolute atomic E-state index is 0.446. The van der Waals surface area contributed by atoms with Gasteiger partial charge in [-0.25, -0.2) is 15.0 Å². The van der Waals surface area contributed by atoms with Gasteiger partial charge in [-0.2, -0.15) is 11.8 Å². The van der Waals surface area contributed by atoms with Crippen molar-refractivity contribution in [2.24, 2.45) is 0 Å². The van der Waals surface area contributed by atoms with Crippen molar-refractivity contribution in [3.05, 3.63) is 12.7 Å². The first-order valence-corrected chi connectivity index (χ1v) is 5.97. The smallest absolute Gasteiger partial charge is 0.165 e. The van der Waals surface area contributed by atoms with Gasteiger partial charge in [0.05, 0.1) is 6.33 Å². The predicted molar refractivity (Wildman–Crippen MR) is 62.7 cm³/mol. The van der Waals surface area contributed by atoms with Crippen molar-refractivity contribution in [1.82, 2.24) is 19.5 Å². The Morgan fingerprint density at radius 2 is 2.27 bits per heavy atom. The fourth-order valence-electron chi connectivity index (χ4n) is 1.37. The lowest BCUT2D eigenvalue weighted by molar-refractivity contribution is 0.786. The maximum Gasteiger partial charge on any atom is 0.165 e. The Balaban J connectivity index is 2.25. The number of aryl methyl sites for hydroxylation is 1. The van der Waals surface area contributed by atoms with Crippen LogP contribution >= 0.6 is 11.8 Å². The number of nitrogen functional groups attached to an aromatic ring is 1. The molecule has 0 spiro atoms.